The first-order chi connectivity index (χ1) is 8.91. The summed E-state index contributed by atoms with van der Waals surface area (Å²) in [4.78, 5) is 28.6. The Bertz CT molecular complexity index is 432. The maximum Gasteiger partial charge on any atom is 0.308 e. The van der Waals surface area contributed by atoms with E-state index in [0.717, 1.165) is 5.56 Å². The second kappa shape index (κ2) is 6.87. The van der Waals surface area contributed by atoms with Crippen LogP contribution in [0.2, 0.25) is 0 Å². The van der Waals surface area contributed by atoms with Gasteiger partial charge in [-0.1, -0.05) is 26.8 Å². The maximum absolute atomic E-state index is 12.1. The molecule has 1 atom stereocenters. The van der Waals surface area contributed by atoms with Crippen molar-refractivity contribution in [1.29, 1.82) is 0 Å². The number of pyridine rings is 1. The van der Waals surface area contributed by atoms with Crippen LogP contribution in [-0.2, 0) is 16.1 Å². The summed E-state index contributed by atoms with van der Waals surface area (Å²) in [6.45, 7) is 5.82. The Morgan fingerprint density at radius 2 is 2.05 bits per heavy atom. The van der Waals surface area contributed by atoms with Crippen LogP contribution >= 0.6 is 0 Å². The highest BCUT2D eigenvalue weighted by Crippen LogP contribution is 2.11. The molecule has 0 aliphatic carbocycles. The third-order valence-electron chi connectivity index (χ3n) is 2.82. The summed E-state index contributed by atoms with van der Waals surface area (Å²) >= 11 is 0. The van der Waals surface area contributed by atoms with Crippen molar-refractivity contribution in [2.75, 3.05) is 6.54 Å². The molecular weight excluding hydrogens is 244 g/mol. The summed E-state index contributed by atoms with van der Waals surface area (Å²) in [7, 11) is 0. The first-order valence-corrected chi connectivity index (χ1v) is 6.32. The van der Waals surface area contributed by atoms with Gasteiger partial charge in [-0.2, -0.15) is 0 Å². The van der Waals surface area contributed by atoms with Gasteiger partial charge in [0.15, 0.2) is 0 Å². The zero-order valence-corrected chi connectivity index (χ0v) is 11.5. The average Bonchev–Trinajstić information content (AvgIpc) is 2.37. The summed E-state index contributed by atoms with van der Waals surface area (Å²) in [6.07, 6.45) is 3.35. The molecule has 19 heavy (non-hydrogen) atoms. The SMILES string of the molecule is CC(C)C(=O)N(Cc1cccnc1)CC(C)C(=O)O. The number of hydrogen-bond donors (Lipinski definition) is 1. The van der Waals surface area contributed by atoms with Crippen LogP contribution in [0.1, 0.15) is 26.3 Å². The van der Waals surface area contributed by atoms with Crippen LogP contribution in [0.25, 0.3) is 0 Å². The number of hydrogen-bond acceptors (Lipinski definition) is 3. The summed E-state index contributed by atoms with van der Waals surface area (Å²) in [5.41, 5.74) is 0.897. The van der Waals surface area contributed by atoms with E-state index < -0.39 is 11.9 Å². The lowest BCUT2D eigenvalue weighted by molar-refractivity contribution is -0.144. The largest absolute Gasteiger partial charge is 0.481 e. The first kappa shape index (κ1) is 15.1. The predicted octanol–water partition coefficient (Wildman–Crippen LogP) is 1.79. The number of carbonyl (C=O) groups excluding carboxylic acids is 1. The van der Waals surface area contributed by atoms with Crippen LogP contribution in [0, 0.1) is 11.8 Å². The summed E-state index contributed by atoms with van der Waals surface area (Å²) < 4.78 is 0. The highest BCUT2D eigenvalue weighted by Gasteiger charge is 2.22. The molecule has 0 aromatic carbocycles. The molecule has 1 rings (SSSR count). The molecule has 104 valence electrons. The monoisotopic (exact) mass is 264 g/mol. The van der Waals surface area contributed by atoms with Crippen LogP contribution in [0.3, 0.4) is 0 Å². The lowest BCUT2D eigenvalue weighted by Gasteiger charge is -2.26. The summed E-state index contributed by atoms with van der Waals surface area (Å²) in [6, 6.07) is 3.67. The number of carbonyl (C=O) groups is 2. The van der Waals surface area contributed by atoms with Gasteiger partial charge < -0.3 is 10.0 Å². The molecule has 0 aliphatic heterocycles. The second-order valence-corrected chi connectivity index (χ2v) is 4.97. The number of nitrogens with zero attached hydrogens (tertiary/aromatic N) is 2. The Balaban J connectivity index is 2.81. The number of aliphatic carboxylic acids is 1. The van der Waals surface area contributed by atoms with E-state index in [2.05, 4.69) is 4.98 Å². The Kier molecular flexibility index (Phi) is 5.48. The molecule has 0 radical (unpaired) electrons. The van der Waals surface area contributed by atoms with Gasteiger partial charge in [0.1, 0.15) is 0 Å². The molecule has 0 saturated carbocycles. The molecule has 0 aliphatic rings. The highest BCUT2D eigenvalue weighted by molar-refractivity contribution is 5.79. The predicted molar refractivity (Wildman–Crippen MR) is 71.3 cm³/mol. The minimum atomic E-state index is -0.896. The second-order valence-electron chi connectivity index (χ2n) is 4.97. The number of carboxylic acid groups (broad SMARTS) is 1. The van der Waals surface area contributed by atoms with Crippen molar-refractivity contribution >= 4 is 11.9 Å². The van der Waals surface area contributed by atoms with Crippen molar-refractivity contribution in [3.63, 3.8) is 0 Å². The van der Waals surface area contributed by atoms with Crippen molar-refractivity contribution < 1.29 is 14.7 Å². The molecule has 0 fully saturated rings. The van der Waals surface area contributed by atoms with Crippen molar-refractivity contribution in [3.05, 3.63) is 30.1 Å². The lowest BCUT2D eigenvalue weighted by atomic mass is 10.1. The van der Waals surface area contributed by atoms with Gasteiger partial charge in [-0.05, 0) is 11.6 Å². The third kappa shape index (κ3) is 4.69. The standard InChI is InChI=1S/C14H20N2O3/c1-10(2)13(17)16(8-11(3)14(18)19)9-12-5-4-6-15-7-12/h4-7,10-11H,8-9H2,1-3H3,(H,18,19). The Morgan fingerprint density at radius 3 is 2.53 bits per heavy atom. The van der Waals surface area contributed by atoms with Crippen molar-refractivity contribution in [2.45, 2.75) is 27.3 Å². The van der Waals surface area contributed by atoms with E-state index >= 15 is 0 Å². The number of carboxylic acids is 1. The molecule has 1 aromatic rings. The van der Waals surface area contributed by atoms with E-state index in [0.29, 0.717) is 6.54 Å². The maximum atomic E-state index is 12.1. The molecule has 0 saturated heterocycles. The molecule has 0 bridgehead atoms. The van der Waals surface area contributed by atoms with Crippen molar-refractivity contribution in [2.24, 2.45) is 11.8 Å². The average molecular weight is 264 g/mol. The van der Waals surface area contributed by atoms with Gasteiger partial charge in [0.05, 0.1) is 5.92 Å². The quantitative estimate of drug-likeness (QED) is 0.850. The van der Waals surface area contributed by atoms with Gasteiger partial charge in [0.2, 0.25) is 5.91 Å². The molecule has 0 spiro atoms. The van der Waals surface area contributed by atoms with Gasteiger partial charge in [0.25, 0.3) is 0 Å². The van der Waals surface area contributed by atoms with Gasteiger partial charge >= 0.3 is 5.97 Å². The molecular formula is C14H20N2O3. The fraction of sp³-hybridized carbons (Fsp3) is 0.500. The van der Waals surface area contributed by atoms with Gasteiger partial charge in [-0.25, -0.2) is 0 Å². The molecule has 5 nitrogen and oxygen atoms in total. The van der Waals surface area contributed by atoms with Crippen LogP contribution in [0.15, 0.2) is 24.5 Å². The molecule has 5 heteroatoms. The Labute approximate surface area is 113 Å². The molecule has 1 unspecified atom stereocenters. The molecule has 1 aromatic heterocycles. The number of amides is 1. The summed E-state index contributed by atoms with van der Waals surface area (Å²) in [5, 5.41) is 8.97. The third-order valence-corrected chi connectivity index (χ3v) is 2.82. The van der Waals surface area contributed by atoms with E-state index in [1.54, 1.807) is 30.3 Å². The van der Waals surface area contributed by atoms with E-state index in [4.69, 9.17) is 5.11 Å². The van der Waals surface area contributed by atoms with Gasteiger partial charge in [-0.3, -0.25) is 14.6 Å². The van der Waals surface area contributed by atoms with E-state index in [9.17, 15) is 9.59 Å². The summed E-state index contributed by atoms with van der Waals surface area (Å²) in [5.74, 6) is -1.68. The van der Waals surface area contributed by atoms with Crippen LogP contribution in [0.5, 0.6) is 0 Å². The zero-order chi connectivity index (χ0) is 14.4. The van der Waals surface area contributed by atoms with Crippen molar-refractivity contribution in [3.8, 4) is 0 Å². The van der Waals surface area contributed by atoms with E-state index in [1.165, 1.54) is 0 Å². The normalized spacial score (nSPS) is 12.2. The number of aromatic nitrogens is 1. The Morgan fingerprint density at radius 1 is 1.37 bits per heavy atom. The van der Waals surface area contributed by atoms with E-state index in [-0.39, 0.29) is 18.4 Å². The van der Waals surface area contributed by atoms with Crippen LogP contribution < -0.4 is 0 Å². The van der Waals surface area contributed by atoms with Crippen LogP contribution in [0.4, 0.5) is 0 Å². The molecule has 1 N–H and O–H groups in total. The minimum absolute atomic E-state index is 0.0445. The lowest BCUT2D eigenvalue weighted by Crippen LogP contribution is -2.38. The van der Waals surface area contributed by atoms with E-state index in [1.807, 2.05) is 19.9 Å². The topological polar surface area (TPSA) is 70.5 Å². The number of rotatable bonds is 6. The smallest absolute Gasteiger partial charge is 0.308 e. The van der Waals surface area contributed by atoms with Gasteiger partial charge in [0, 0.05) is 31.4 Å². The molecule has 1 heterocycles. The molecule has 1 amide bonds. The van der Waals surface area contributed by atoms with Crippen LogP contribution in [-0.4, -0.2) is 33.4 Å². The first-order valence-electron chi connectivity index (χ1n) is 6.32. The fourth-order valence-corrected chi connectivity index (χ4v) is 1.72. The zero-order valence-electron chi connectivity index (χ0n) is 11.5. The van der Waals surface area contributed by atoms with Crippen molar-refractivity contribution in [1.82, 2.24) is 9.88 Å². The Hall–Kier alpha value is -1.91. The minimum Gasteiger partial charge on any atom is -0.481 e. The fourth-order valence-electron chi connectivity index (χ4n) is 1.72. The highest BCUT2D eigenvalue weighted by atomic mass is 16.4. The van der Waals surface area contributed by atoms with Gasteiger partial charge in [-0.15, -0.1) is 0 Å².